The van der Waals surface area contributed by atoms with E-state index in [0.717, 1.165) is 16.4 Å². The van der Waals surface area contributed by atoms with Crippen LogP contribution in [0.25, 0.3) is 0 Å². The maximum absolute atomic E-state index is 9.53. The van der Waals surface area contributed by atoms with Crippen LogP contribution in [0.4, 0.5) is 0 Å². The summed E-state index contributed by atoms with van der Waals surface area (Å²) >= 11 is 3.39. The average molecular weight is 188 g/mol. The molecule has 1 aromatic heterocycles. The molecule has 1 rings (SSSR count). The zero-order valence-electron chi connectivity index (χ0n) is 6.49. The molecule has 1 aromatic rings. The Morgan fingerprint density at radius 2 is 2.55 bits per heavy atom. The summed E-state index contributed by atoms with van der Waals surface area (Å²) in [5, 5.41) is 11.5. The van der Waals surface area contributed by atoms with Crippen molar-refractivity contribution in [3.63, 3.8) is 0 Å². The lowest BCUT2D eigenvalue weighted by atomic mass is 10.3. The highest BCUT2D eigenvalue weighted by Gasteiger charge is 2.06. The van der Waals surface area contributed by atoms with Crippen LogP contribution >= 0.6 is 23.1 Å². The first-order chi connectivity index (χ1) is 5.34. The number of hydrogen-bond acceptors (Lipinski definition) is 3. The lowest BCUT2D eigenvalue weighted by molar-refractivity contribution is 0.208. The summed E-state index contributed by atoms with van der Waals surface area (Å²) in [5.41, 5.74) is 0. The highest BCUT2D eigenvalue weighted by Crippen LogP contribution is 2.21. The van der Waals surface area contributed by atoms with Gasteiger partial charge in [-0.1, -0.05) is 13.0 Å². The molecule has 0 aliphatic carbocycles. The first-order valence-electron chi connectivity index (χ1n) is 3.63. The highest BCUT2D eigenvalue weighted by molar-refractivity contribution is 7.99. The van der Waals surface area contributed by atoms with Crippen LogP contribution in [0.5, 0.6) is 0 Å². The summed E-state index contributed by atoms with van der Waals surface area (Å²) < 4.78 is 0. The van der Waals surface area contributed by atoms with Gasteiger partial charge in [-0.15, -0.1) is 11.3 Å². The van der Waals surface area contributed by atoms with E-state index in [4.69, 9.17) is 0 Å². The van der Waals surface area contributed by atoms with E-state index < -0.39 is 0 Å². The molecule has 0 aliphatic heterocycles. The van der Waals surface area contributed by atoms with Gasteiger partial charge in [0, 0.05) is 10.6 Å². The Balaban J connectivity index is 2.36. The second kappa shape index (κ2) is 4.80. The van der Waals surface area contributed by atoms with Gasteiger partial charge in [0.1, 0.15) is 0 Å². The van der Waals surface area contributed by atoms with Crippen molar-refractivity contribution < 1.29 is 5.11 Å². The SMILES string of the molecule is CCSCC(O)c1cccs1. The molecule has 0 aliphatic rings. The van der Waals surface area contributed by atoms with Crippen LogP contribution in [0.2, 0.25) is 0 Å². The van der Waals surface area contributed by atoms with E-state index in [1.165, 1.54) is 0 Å². The van der Waals surface area contributed by atoms with E-state index in [-0.39, 0.29) is 6.10 Å². The molecule has 0 spiro atoms. The molecule has 3 heteroatoms. The number of thiophene rings is 1. The molecule has 0 aromatic carbocycles. The second-order valence-corrected chi connectivity index (χ2v) is 4.49. The van der Waals surface area contributed by atoms with Crippen LogP contribution in [0, 0.1) is 0 Å². The van der Waals surface area contributed by atoms with E-state index in [0.29, 0.717) is 0 Å². The van der Waals surface area contributed by atoms with Crippen LogP contribution in [-0.4, -0.2) is 16.6 Å². The fourth-order valence-corrected chi connectivity index (χ4v) is 2.25. The van der Waals surface area contributed by atoms with Crippen molar-refractivity contribution in [3.8, 4) is 0 Å². The van der Waals surface area contributed by atoms with Crippen molar-refractivity contribution in [2.24, 2.45) is 0 Å². The minimum Gasteiger partial charge on any atom is -0.387 e. The highest BCUT2D eigenvalue weighted by atomic mass is 32.2. The Hall–Kier alpha value is 0.01000. The lowest BCUT2D eigenvalue weighted by Crippen LogP contribution is -1.97. The monoisotopic (exact) mass is 188 g/mol. The van der Waals surface area contributed by atoms with Gasteiger partial charge in [0.05, 0.1) is 6.10 Å². The molecule has 1 heterocycles. The van der Waals surface area contributed by atoms with Gasteiger partial charge in [-0.05, 0) is 17.2 Å². The van der Waals surface area contributed by atoms with Crippen LogP contribution in [0.1, 0.15) is 17.9 Å². The van der Waals surface area contributed by atoms with Crippen molar-refractivity contribution in [2.75, 3.05) is 11.5 Å². The van der Waals surface area contributed by atoms with Crippen LogP contribution in [0.15, 0.2) is 17.5 Å². The Kier molecular flexibility index (Phi) is 3.97. The molecule has 0 bridgehead atoms. The van der Waals surface area contributed by atoms with E-state index in [9.17, 15) is 5.11 Å². The Labute approximate surface area is 75.4 Å². The van der Waals surface area contributed by atoms with Crippen LogP contribution in [0.3, 0.4) is 0 Å². The van der Waals surface area contributed by atoms with Gasteiger partial charge in [-0.25, -0.2) is 0 Å². The van der Waals surface area contributed by atoms with Crippen LogP contribution < -0.4 is 0 Å². The first-order valence-corrected chi connectivity index (χ1v) is 5.67. The van der Waals surface area contributed by atoms with E-state index in [1.54, 1.807) is 23.1 Å². The fourth-order valence-electron chi connectivity index (χ4n) is 0.792. The molecular weight excluding hydrogens is 176 g/mol. The first kappa shape index (κ1) is 9.10. The van der Waals surface area contributed by atoms with E-state index in [2.05, 4.69) is 6.92 Å². The van der Waals surface area contributed by atoms with Crippen molar-refractivity contribution in [2.45, 2.75) is 13.0 Å². The molecule has 0 fully saturated rings. The molecule has 1 N–H and O–H groups in total. The molecule has 11 heavy (non-hydrogen) atoms. The molecule has 62 valence electrons. The smallest absolute Gasteiger partial charge is 0.0971 e. The fraction of sp³-hybridized carbons (Fsp3) is 0.500. The molecule has 1 nitrogen and oxygen atoms in total. The normalized spacial score (nSPS) is 13.3. The molecule has 0 saturated carbocycles. The summed E-state index contributed by atoms with van der Waals surface area (Å²) in [6.45, 7) is 2.10. The number of thioether (sulfide) groups is 1. The molecule has 0 radical (unpaired) electrons. The van der Waals surface area contributed by atoms with Gasteiger partial charge in [0.25, 0.3) is 0 Å². The number of aliphatic hydroxyl groups is 1. The summed E-state index contributed by atoms with van der Waals surface area (Å²) in [5.74, 6) is 1.89. The molecule has 1 unspecified atom stereocenters. The van der Waals surface area contributed by atoms with Gasteiger partial charge in [0.2, 0.25) is 0 Å². The van der Waals surface area contributed by atoms with E-state index >= 15 is 0 Å². The zero-order valence-corrected chi connectivity index (χ0v) is 8.12. The third-order valence-electron chi connectivity index (χ3n) is 1.35. The third-order valence-corrected chi connectivity index (χ3v) is 3.28. The number of aliphatic hydroxyl groups excluding tert-OH is 1. The topological polar surface area (TPSA) is 20.2 Å². The number of rotatable bonds is 4. The maximum Gasteiger partial charge on any atom is 0.0971 e. The Morgan fingerprint density at radius 1 is 1.73 bits per heavy atom. The van der Waals surface area contributed by atoms with Gasteiger partial charge in [0.15, 0.2) is 0 Å². The molecule has 0 saturated heterocycles. The van der Waals surface area contributed by atoms with Crippen molar-refractivity contribution in [1.29, 1.82) is 0 Å². The minimum atomic E-state index is -0.264. The second-order valence-electron chi connectivity index (χ2n) is 2.19. The summed E-state index contributed by atoms with van der Waals surface area (Å²) in [4.78, 5) is 1.07. The van der Waals surface area contributed by atoms with Crippen molar-refractivity contribution in [3.05, 3.63) is 22.4 Å². The Bertz CT molecular complexity index is 184. The summed E-state index contributed by atoms with van der Waals surface area (Å²) in [6, 6.07) is 3.95. The predicted octanol–water partition coefficient (Wildman–Crippen LogP) is 2.53. The summed E-state index contributed by atoms with van der Waals surface area (Å²) in [6.07, 6.45) is -0.264. The van der Waals surface area contributed by atoms with Gasteiger partial charge < -0.3 is 5.11 Å². The van der Waals surface area contributed by atoms with E-state index in [1.807, 2.05) is 17.5 Å². The van der Waals surface area contributed by atoms with Gasteiger partial charge in [-0.3, -0.25) is 0 Å². The summed E-state index contributed by atoms with van der Waals surface area (Å²) in [7, 11) is 0. The predicted molar refractivity (Wildman–Crippen MR) is 52.3 cm³/mol. The van der Waals surface area contributed by atoms with Gasteiger partial charge in [-0.2, -0.15) is 11.8 Å². The Morgan fingerprint density at radius 3 is 3.09 bits per heavy atom. The van der Waals surface area contributed by atoms with Crippen molar-refractivity contribution >= 4 is 23.1 Å². The third kappa shape index (κ3) is 2.85. The minimum absolute atomic E-state index is 0.264. The standard InChI is InChI=1S/C8H12OS2/c1-2-10-6-7(9)8-4-3-5-11-8/h3-5,7,9H,2,6H2,1H3. The lowest BCUT2D eigenvalue weighted by Gasteiger charge is -2.05. The molecular formula is C8H12OS2. The quantitative estimate of drug-likeness (QED) is 0.783. The largest absolute Gasteiger partial charge is 0.387 e. The zero-order chi connectivity index (χ0) is 8.10. The molecule has 1 atom stereocenters. The van der Waals surface area contributed by atoms with Crippen LogP contribution in [-0.2, 0) is 0 Å². The number of hydrogen-bond donors (Lipinski definition) is 1. The molecule has 0 amide bonds. The maximum atomic E-state index is 9.53. The average Bonchev–Trinajstić information content (AvgIpc) is 2.52. The van der Waals surface area contributed by atoms with Gasteiger partial charge >= 0.3 is 0 Å². The van der Waals surface area contributed by atoms with Crippen molar-refractivity contribution in [1.82, 2.24) is 0 Å².